The number of hydrogen-bond donors (Lipinski definition) is 2. The molecule has 6 heteroatoms. The number of benzene rings is 2. The first kappa shape index (κ1) is 19.4. The van der Waals surface area contributed by atoms with Crippen molar-refractivity contribution in [3.05, 3.63) is 65.0 Å². The molecule has 2 rings (SSSR count). The van der Waals surface area contributed by atoms with E-state index < -0.39 is 23.7 Å². The molecule has 2 N–H and O–H groups in total. The highest BCUT2D eigenvalue weighted by molar-refractivity contribution is 5.95. The highest BCUT2D eigenvalue weighted by Gasteiger charge is 2.17. The van der Waals surface area contributed by atoms with Gasteiger partial charge in [-0.05, 0) is 55.2 Å². The van der Waals surface area contributed by atoms with Gasteiger partial charge in [-0.15, -0.1) is 0 Å². The smallest absolute Gasteiger partial charge is 0.279 e. The average molecular weight is 358 g/mol. The van der Waals surface area contributed by atoms with E-state index in [1.165, 1.54) is 29.8 Å². The summed E-state index contributed by atoms with van der Waals surface area (Å²) in [7, 11) is 0. The maximum atomic E-state index is 13.5. The molecule has 0 aliphatic heterocycles. The molecule has 0 bridgehead atoms. The lowest BCUT2D eigenvalue weighted by Gasteiger charge is -2.17. The van der Waals surface area contributed by atoms with Crippen molar-refractivity contribution >= 4 is 11.8 Å². The fraction of sp³-hybridized carbons (Fsp3) is 0.300. The number of ether oxygens (including phenoxy) is 1. The molecular formula is C20H23FN2O3. The Kier molecular flexibility index (Phi) is 6.33. The van der Waals surface area contributed by atoms with Crippen LogP contribution in [0, 0.1) is 12.7 Å². The second kappa shape index (κ2) is 8.47. The summed E-state index contributed by atoms with van der Waals surface area (Å²) in [5, 5.41) is 0. The van der Waals surface area contributed by atoms with Gasteiger partial charge in [0.2, 0.25) is 0 Å². The number of hydrazine groups is 1. The summed E-state index contributed by atoms with van der Waals surface area (Å²) in [4.78, 5) is 24.0. The largest absolute Gasteiger partial charge is 0.481 e. The molecule has 0 saturated carbocycles. The molecule has 0 unspecified atom stereocenters. The van der Waals surface area contributed by atoms with Gasteiger partial charge >= 0.3 is 0 Å². The maximum absolute atomic E-state index is 13.5. The molecule has 2 aromatic carbocycles. The maximum Gasteiger partial charge on any atom is 0.279 e. The van der Waals surface area contributed by atoms with E-state index in [-0.39, 0.29) is 5.56 Å². The number of rotatable bonds is 5. The molecule has 2 amide bonds. The van der Waals surface area contributed by atoms with Crippen molar-refractivity contribution in [2.45, 2.75) is 39.7 Å². The second-order valence-corrected chi connectivity index (χ2v) is 6.36. The fourth-order valence-electron chi connectivity index (χ4n) is 2.56. The molecule has 0 radical (unpaired) electrons. The van der Waals surface area contributed by atoms with E-state index in [1.807, 2.05) is 25.1 Å². The monoisotopic (exact) mass is 358 g/mol. The van der Waals surface area contributed by atoms with Crippen molar-refractivity contribution in [2.75, 3.05) is 0 Å². The summed E-state index contributed by atoms with van der Waals surface area (Å²) in [6, 6.07) is 11.2. The molecule has 0 aromatic heterocycles. The van der Waals surface area contributed by atoms with Crippen molar-refractivity contribution in [1.82, 2.24) is 10.9 Å². The van der Waals surface area contributed by atoms with E-state index in [2.05, 4.69) is 24.7 Å². The number of carbonyl (C=O) groups is 2. The van der Waals surface area contributed by atoms with Crippen LogP contribution >= 0.6 is 0 Å². The minimum atomic E-state index is -0.833. The first-order valence-corrected chi connectivity index (χ1v) is 8.41. The van der Waals surface area contributed by atoms with E-state index in [9.17, 15) is 14.0 Å². The molecule has 0 spiro atoms. The summed E-state index contributed by atoms with van der Waals surface area (Å²) >= 11 is 0. The molecule has 5 nitrogen and oxygen atoms in total. The lowest BCUT2D eigenvalue weighted by Crippen LogP contribution is -2.47. The number of amides is 2. The van der Waals surface area contributed by atoms with Gasteiger partial charge in [-0.1, -0.05) is 32.0 Å². The van der Waals surface area contributed by atoms with Gasteiger partial charge in [0.05, 0.1) is 5.56 Å². The predicted octanol–water partition coefficient (Wildman–Crippen LogP) is 3.49. The number of halogens is 1. The number of nitrogens with one attached hydrogen (secondary N) is 2. The standard InChI is InChI=1S/C20H23FN2O3/c1-12(2)16-10-9-15(11-13(16)3)26-14(4)19(24)22-23-20(25)17-7-5-6-8-18(17)21/h5-12,14H,1-4H3,(H,22,24)(H,23,25)/t14-/m0/s1. The lowest BCUT2D eigenvalue weighted by molar-refractivity contribution is -0.128. The Morgan fingerprint density at radius 2 is 1.73 bits per heavy atom. The average Bonchev–Trinajstić information content (AvgIpc) is 2.59. The summed E-state index contributed by atoms with van der Waals surface area (Å²) in [6.07, 6.45) is -0.833. The Hall–Kier alpha value is -2.89. The van der Waals surface area contributed by atoms with Gasteiger partial charge in [0.1, 0.15) is 11.6 Å². The molecular weight excluding hydrogens is 335 g/mol. The van der Waals surface area contributed by atoms with Crippen LogP contribution in [0.1, 0.15) is 48.2 Å². The van der Waals surface area contributed by atoms with E-state index in [0.717, 1.165) is 5.56 Å². The third-order valence-corrected chi connectivity index (χ3v) is 3.96. The van der Waals surface area contributed by atoms with Gasteiger partial charge in [0.15, 0.2) is 6.10 Å². The first-order chi connectivity index (χ1) is 12.3. The highest BCUT2D eigenvalue weighted by Crippen LogP contribution is 2.24. The number of carbonyl (C=O) groups excluding carboxylic acids is 2. The summed E-state index contributed by atoms with van der Waals surface area (Å²) in [5.41, 5.74) is 6.57. The predicted molar refractivity (Wildman–Crippen MR) is 97.4 cm³/mol. The van der Waals surface area contributed by atoms with Gasteiger partial charge in [0, 0.05) is 0 Å². The molecule has 0 aliphatic rings. The molecule has 138 valence electrons. The van der Waals surface area contributed by atoms with Crippen molar-refractivity contribution in [2.24, 2.45) is 0 Å². The van der Waals surface area contributed by atoms with Gasteiger partial charge in [-0.3, -0.25) is 20.4 Å². The Labute approximate surface area is 152 Å². The third-order valence-electron chi connectivity index (χ3n) is 3.96. The zero-order valence-electron chi connectivity index (χ0n) is 15.3. The SMILES string of the molecule is Cc1cc(O[C@@H](C)C(=O)NNC(=O)c2ccccc2F)ccc1C(C)C. The molecule has 26 heavy (non-hydrogen) atoms. The summed E-state index contributed by atoms with van der Waals surface area (Å²) in [6.45, 7) is 7.77. The molecule has 0 saturated heterocycles. The minimum absolute atomic E-state index is 0.152. The van der Waals surface area contributed by atoms with Gasteiger partial charge in [-0.25, -0.2) is 4.39 Å². The first-order valence-electron chi connectivity index (χ1n) is 8.41. The van der Waals surface area contributed by atoms with Gasteiger partial charge < -0.3 is 4.74 Å². The number of hydrogen-bond acceptors (Lipinski definition) is 3. The Morgan fingerprint density at radius 3 is 2.35 bits per heavy atom. The molecule has 2 aromatic rings. The van der Waals surface area contributed by atoms with Crippen LogP contribution in [0.15, 0.2) is 42.5 Å². The zero-order chi connectivity index (χ0) is 19.3. The molecule has 0 heterocycles. The van der Waals surface area contributed by atoms with E-state index in [1.54, 1.807) is 6.92 Å². The van der Waals surface area contributed by atoms with Crippen LogP contribution in [-0.4, -0.2) is 17.9 Å². The van der Waals surface area contributed by atoms with Crippen molar-refractivity contribution < 1.29 is 18.7 Å². The topological polar surface area (TPSA) is 67.4 Å². The van der Waals surface area contributed by atoms with Crippen LogP contribution in [0.2, 0.25) is 0 Å². The fourth-order valence-corrected chi connectivity index (χ4v) is 2.56. The summed E-state index contributed by atoms with van der Waals surface area (Å²) in [5.74, 6) is -0.973. The van der Waals surface area contributed by atoms with Crippen molar-refractivity contribution in [3.8, 4) is 5.75 Å². The van der Waals surface area contributed by atoms with Crippen LogP contribution in [0.4, 0.5) is 4.39 Å². The van der Waals surface area contributed by atoms with Crippen LogP contribution < -0.4 is 15.6 Å². The second-order valence-electron chi connectivity index (χ2n) is 6.36. The van der Waals surface area contributed by atoms with Crippen LogP contribution in [0.3, 0.4) is 0 Å². The van der Waals surface area contributed by atoms with E-state index >= 15 is 0 Å². The van der Waals surface area contributed by atoms with Crippen LogP contribution in [-0.2, 0) is 4.79 Å². The van der Waals surface area contributed by atoms with Crippen LogP contribution in [0.5, 0.6) is 5.75 Å². The summed E-state index contributed by atoms with van der Waals surface area (Å²) < 4.78 is 19.2. The Morgan fingerprint density at radius 1 is 1.04 bits per heavy atom. The quantitative estimate of drug-likeness (QED) is 0.804. The highest BCUT2D eigenvalue weighted by atomic mass is 19.1. The Balaban J connectivity index is 1.92. The molecule has 1 atom stereocenters. The molecule has 0 aliphatic carbocycles. The normalized spacial score (nSPS) is 11.8. The van der Waals surface area contributed by atoms with E-state index in [0.29, 0.717) is 11.7 Å². The minimum Gasteiger partial charge on any atom is -0.481 e. The van der Waals surface area contributed by atoms with Crippen molar-refractivity contribution in [1.29, 1.82) is 0 Å². The van der Waals surface area contributed by atoms with E-state index in [4.69, 9.17) is 4.74 Å². The van der Waals surface area contributed by atoms with Crippen molar-refractivity contribution in [3.63, 3.8) is 0 Å². The number of aryl methyl sites for hydroxylation is 1. The third kappa shape index (κ3) is 4.81. The Bertz CT molecular complexity index is 805. The van der Waals surface area contributed by atoms with Gasteiger partial charge in [0.25, 0.3) is 11.8 Å². The van der Waals surface area contributed by atoms with Crippen LogP contribution in [0.25, 0.3) is 0 Å². The zero-order valence-corrected chi connectivity index (χ0v) is 15.3. The lowest BCUT2D eigenvalue weighted by atomic mass is 9.98. The molecule has 0 fully saturated rings. The van der Waals surface area contributed by atoms with Gasteiger partial charge in [-0.2, -0.15) is 0 Å².